The van der Waals surface area contributed by atoms with Crippen LogP contribution in [0.5, 0.6) is 0 Å². The maximum absolute atomic E-state index is 12.4. The summed E-state index contributed by atoms with van der Waals surface area (Å²) in [4.78, 5) is 49.3. The van der Waals surface area contributed by atoms with E-state index in [1.165, 1.54) is 28.4 Å². The van der Waals surface area contributed by atoms with Crippen molar-refractivity contribution in [3.8, 4) is 0 Å². The quantitative estimate of drug-likeness (QED) is 0.466. The molecule has 0 aliphatic heterocycles. The second-order valence-electron chi connectivity index (χ2n) is 5.39. The lowest BCUT2D eigenvalue weighted by Crippen LogP contribution is -2.09. The van der Waals surface area contributed by atoms with Gasteiger partial charge in [0.15, 0.2) is 0 Å². The van der Waals surface area contributed by atoms with Gasteiger partial charge in [-0.05, 0) is 6.07 Å². The minimum Gasteiger partial charge on any atom is -0.465 e. The van der Waals surface area contributed by atoms with Crippen LogP contribution < -0.4 is 0 Å². The molecule has 28 heavy (non-hydrogen) atoms. The van der Waals surface area contributed by atoms with Gasteiger partial charge in [-0.25, -0.2) is 19.2 Å². The van der Waals surface area contributed by atoms with Crippen molar-refractivity contribution in [1.29, 1.82) is 0 Å². The lowest BCUT2D eigenvalue weighted by atomic mass is 10.1. The molecule has 0 atom stereocenters. The van der Waals surface area contributed by atoms with Crippen LogP contribution in [0.4, 0.5) is 0 Å². The fraction of sp³-hybridized carbons (Fsp3) is 0.222. The van der Waals surface area contributed by atoms with Crippen LogP contribution in [0.3, 0.4) is 0 Å². The molecule has 0 spiro atoms. The third kappa shape index (κ3) is 2.90. The van der Waals surface area contributed by atoms with E-state index in [-0.39, 0.29) is 20.9 Å². The average molecular weight is 422 g/mol. The summed E-state index contributed by atoms with van der Waals surface area (Å²) in [6, 6.07) is 3.28. The number of hydrogen-bond acceptors (Lipinski definition) is 10. The Morgan fingerprint density at radius 1 is 0.679 bits per heavy atom. The Balaban J connectivity index is 2.50. The maximum atomic E-state index is 12.4. The van der Waals surface area contributed by atoms with Gasteiger partial charge in [0.1, 0.15) is 9.75 Å². The smallest absolute Gasteiger partial charge is 0.348 e. The molecule has 0 saturated carbocycles. The molecule has 2 aromatic heterocycles. The Kier molecular flexibility index (Phi) is 5.34. The second-order valence-corrected chi connectivity index (χ2v) is 7.47. The topological polar surface area (TPSA) is 105 Å². The second kappa shape index (κ2) is 7.56. The summed E-state index contributed by atoms with van der Waals surface area (Å²) in [6.07, 6.45) is 0. The van der Waals surface area contributed by atoms with E-state index in [1.54, 1.807) is 12.1 Å². The van der Waals surface area contributed by atoms with Crippen molar-refractivity contribution in [2.75, 3.05) is 28.4 Å². The van der Waals surface area contributed by atoms with Gasteiger partial charge >= 0.3 is 23.9 Å². The van der Waals surface area contributed by atoms with Crippen LogP contribution >= 0.6 is 22.7 Å². The number of ether oxygens (including phenoxy) is 4. The molecule has 0 N–H and O–H groups in total. The predicted octanol–water partition coefficient (Wildman–Crippen LogP) is 3.26. The molecular weight excluding hydrogens is 408 g/mol. The average Bonchev–Trinajstić information content (AvgIpc) is 3.29. The van der Waals surface area contributed by atoms with Crippen LogP contribution in [0.25, 0.3) is 20.2 Å². The highest BCUT2D eigenvalue weighted by molar-refractivity contribution is 7.25. The van der Waals surface area contributed by atoms with E-state index in [1.807, 2.05) is 0 Å². The molecule has 0 radical (unpaired) electrons. The van der Waals surface area contributed by atoms with E-state index in [4.69, 9.17) is 18.9 Å². The molecule has 3 aromatic rings. The van der Waals surface area contributed by atoms with Crippen molar-refractivity contribution < 1.29 is 38.1 Å². The molecule has 0 aliphatic rings. The number of rotatable bonds is 4. The molecule has 0 fully saturated rings. The van der Waals surface area contributed by atoms with Crippen LogP contribution in [-0.4, -0.2) is 52.3 Å². The molecule has 3 rings (SSSR count). The molecule has 0 saturated heterocycles. The number of methoxy groups -OCH3 is 4. The third-order valence-corrected chi connectivity index (χ3v) is 6.37. The van der Waals surface area contributed by atoms with Crippen LogP contribution in [0.15, 0.2) is 12.1 Å². The van der Waals surface area contributed by atoms with E-state index >= 15 is 0 Å². The van der Waals surface area contributed by atoms with E-state index in [2.05, 4.69) is 0 Å². The van der Waals surface area contributed by atoms with Gasteiger partial charge in [-0.1, -0.05) is 6.07 Å². The summed E-state index contributed by atoms with van der Waals surface area (Å²) in [5.41, 5.74) is 0.0620. The van der Waals surface area contributed by atoms with Gasteiger partial charge in [0, 0.05) is 20.2 Å². The van der Waals surface area contributed by atoms with Crippen molar-refractivity contribution >= 4 is 66.7 Å². The van der Waals surface area contributed by atoms with E-state index in [0.717, 1.165) is 22.7 Å². The number of thiophene rings is 2. The van der Waals surface area contributed by atoms with E-state index in [0.29, 0.717) is 20.2 Å². The molecule has 10 heteroatoms. The first-order valence-corrected chi connectivity index (χ1v) is 9.38. The zero-order valence-corrected chi connectivity index (χ0v) is 16.9. The summed E-state index contributed by atoms with van der Waals surface area (Å²) in [7, 11) is 4.80. The summed E-state index contributed by atoms with van der Waals surface area (Å²) >= 11 is 2.03. The van der Waals surface area contributed by atoms with Crippen molar-refractivity contribution in [2.24, 2.45) is 0 Å². The number of fused-ring (bicyclic) bond motifs is 3. The predicted molar refractivity (Wildman–Crippen MR) is 103 cm³/mol. The molecule has 0 bridgehead atoms. The molecule has 146 valence electrons. The van der Waals surface area contributed by atoms with Gasteiger partial charge in [-0.3, -0.25) is 0 Å². The normalized spacial score (nSPS) is 10.7. The monoisotopic (exact) mass is 422 g/mol. The number of hydrogen-bond donors (Lipinski definition) is 0. The first kappa shape index (κ1) is 19.8. The number of esters is 4. The van der Waals surface area contributed by atoms with Gasteiger partial charge < -0.3 is 18.9 Å². The van der Waals surface area contributed by atoms with Crippen LogP contribution in [0.1, 0.15) is 40.1 Å². The SMILES string of the molecule is COC(=O)c1sc2c(ccc3sc(C(=O)OC)c(C(=O)OC)c32)c1C(=O)OC. The van der Waals surface area contributed by atoms with Gasteiger partial charge in [-0.15, -0.1) is 22.7 Å². The van der Waals surface area contributed by atoms with Gasteiger partial charge in [0.2, 0.25) is 0 Å². The Morgan fingerprint density at radius 3 is 1.71 bits per heavy atom. The maximum Gasteiger partial charge on any atom is 0.348 e. The zero-order valence-electron chi connectivity index (χ0n) is 15.2. The summed E-state index contributed by atoms with van der Waals surface area (Å²) in [5, 5.41) is 0.809. The van der Waals surface area contributed by atoms with Crippen molar-refractivity contribution in [3.63, 3.8) is 0 Å². The highest BCUT2D eigenvalue weighted by atomic mass is 32.1. The van der Waals surface area contributed by atoms with Gasteiger partial charge in [0.05, 0.1) is 39.6 Å². The minimum atomic E-state index is -0.730. The Morgan fingerprint density at radius 2 is 1.18 bits per heavy atom. The molecule has 2 heterocycles. The fourth-order valence-electron chi connectivity index (χ4n) is 2.81. The lowest BCUT2D eigenvalue weighted by molar-refractivity contribution is 0.0561. The standard InChI is InChI=1S/C18H14O8S2/c1-23-15(19)9-7-5-6-8-10(12(7)28-13(9)17(21)25-3)11(16(20)24-2)14(27-8)18(22)26-4/h5-6H,1-4H3. The van der Waals surface area contributed by atoms with Gasteiger partial charge in [-0.2, -0.15) is 0 Å². The molecule has 1 aromatic carbocycles. The molecule has 8 nitrogen and oxygen atoms in total. The molecule has 0 aliphatic carbocycles. The largest absolute Gasteiger partial charge is 0.465 e. The van der Waals surface area contributed by atoms with Crippen molar-refractivity contribution in [1.82, 2.24) is 0 Å². The van der Waals surface area contributed by atoms with Crippen LogP contribution in [0, 0.1) is 0 Å². The van der Waals surface area contributed by atoms with Crippen molar-refractivity contribution in [3.05, 3.63) is 33.0 Å². The fourth-order valence-corrected chi connectivity index (χ4v) is 5.25. The Hall–Kier alpha value is -2.98. The minimum absolute atomic E-state index is 0.0223. The lowest BCUT2D eigenvalue weighted by Gasteiger charge is -2.02. The first-order chi connectivity index (χ1) is 13.4. The van der Waals surface area contributed by atoms with Crippen molar-refractivity contribution in [2.45, 2.75) is 0 Å². The molecule has 0 unspecified atom stereocenters. The third-order valence-electron chi connectivity index (χ3n) is 4.03. The van der Waals surface area contributed by atoms with Gasteiger partial charge in [0.25, 0.3) is 0 Å². The summed E-state index contributed by atoms with van der Waals surface area (Å²) in [6.45, 7) is 0. The van der Waals surface area contributed by atoms with Crippen LogP contribution in [-0.2, 0) is 18.9 Å². The zero-order chi connectivity index (χ0) is 20.6. The Labute approximate surface area is 166 Å². The number of carbonyl (C=O) groups is 4. The summed E-state index contributed by atoms with van der Waals surface area (Å²) < 4.78 is 20.3. The van der Waals surface area contributed by atoms with E-state index in [9.17, 15) is 19.2 Å². The van der Waals surface area contributed by atoms with Crippen LogP contribution in [0.2, 0.25) is 0 Å². The highest BCUT2D eigenvalue weighted by Crippen LogP contribution is 2.43. The number of benzene rings is 1. The first-order valence-electron chi connectivity index (χ1n) is 7.74. The highest BCUT2D eigenvalue weighted by Gasteiger charge is 2.31. The molecular formula is C18H14O8S2. The summed E-state index contributed by atoms with van der Waals surface area (Å²) in [5.74, 6) is -2.84. The van der Waals surface area contributed by atoms with E-state index < -0.39 is 23.9 Å². The number of carbonyl (C=O) groups excluding carboxylic acids is 4. The molecule has 0 amide bonds. The Bertz CT molecular complexity index is 1140.